The van der Waals surface area contributed by atoms with Gasteiger partial charge in [-0.1, -0.05) is 18.2 Å². The fourth-order valence-corrected chi connectivity index (χ4v) is 3.93. The molecule has 0 aromatic heterocycles. The number of para-hydroxylation sites is 1. The molecule has 2 saturated heterocycles. The summed E-state index contributed by atoms with van der Waals surface area (Å²) >= 11 is 0. The van der Waals surface area contributed by atoms with E-state index in [1.165, 1.54) is 5.56 Å². The summed E-state index contributed by atoms with van der Waals surface area (Å²) in [7, 11) is 0. The maximum Gasteiger partial charge on any atom is 0.125 e. The topological polar surface area (TPSA) is 30.5 Å². The highest BCUT2D eigenvalue weighted by atomic mass is 16.5. The first-order valence-corrected chi connectivity index (χ1v) is 7.32. The number of fused-ring (bicyclic) bond motifs is 4. The molecule has 0 radical (unpaired) electrons. The van der Waals surface area contributed by atoms with Gasteiger partial charge in [0.1, 0.15) is 11.4 Å². The third kappa shape index (κ3) is 1.72. The molecule has 0 saturated carbocycles. The Bertz CT molecular complexity index is 499. The number of benzene rings is 1. The summed E-state index contributed by atoms with van der Waals surface area (Å²) in [4.78, 5) is 0. The monoisotopic (exact) mass is 259 g/mol. The van der Waals surface area contributed by atoms with Crippen LogP contribution < -0.4 is 10.1 Å². The molecule has 0 bridgehead atoms. The maximum absolute atomic E-state index is 6.43. The number of nitrogens with one attached hydrogen (secondary N) is 1. The van der Waals surface area contributed by atoms with E-state index < -0.39 is 0 Å². The molecule has 4 rings (SSSR count). The standard InChI is InChI=1S/C16H21NO2/c1-16(2)11-9-12-14(7-8-17-12)18-15(11)10-5-3-4-6-13(10)19-16/h3-6,11-12,14-15,17H,7-9H2,1-2H3/t11-,12+,14-,15+/m0/s1. The molecule has 0 spiro atoms. The lowest BCUT2D eigenvalue weighted by Crippen LogP contribution is -2.53. The van der Waals surface area contributed by atoms with E-state index in [2.05, 4.69) is 37.4 Å². The zero-order chi connectivity index (χ0) is 13.0. The van der Waals surface area contributed by atoms with Crippen LogP contribution in [0.2, 0.25) is 0 Å². The lowest BCUT2D eigenvalue weighted by molar-refractivity contribution is -0.152. The zero-order valence-electron chi connectivity index (χ0n) is 11.6. The minimum atomic E-state index is -0.158. The van der Waals surface area contributed by atoms with Gasteiger partial charge in [0.25, 0.3) is 0 Å². The van der Waals surface area contributed by atoms with Crippen molar-refractivity contribution in [3.05, 3.63) is 29.8 Å². The molecule has 3 aliphatic rings. The van der Waals surface area contributed by atoms with Crippen molar-refractivity contribution in [2.24, 2.45) is 5.92 Å². The van der Waals surface area contributed by atoms with Gasteiger partial charge >= 0.3 is 0 Å². The van der Waals surface area contributed by atoms with Crippen LogP contribution in [0, 0.1) is 5.92 Å². The number of hydrogen-bond acceptors (Lipinski definition) is 3. The molecule has 3 heterocycles. The molecule has 2 fully saturated rings. The SMILES string of the molecule is CC1(C)Oc2ccccc2[C@H]2O[C@H]3CCN[C@@H]3C[C@@H]21. The Balaban J connectivity index is 1.76. The summed E-state index contributed by atoms with van der Waals surface area (Å²) in [6.45, 7) is 5.47. The van der Waals surface area contributed by atoms with Gasteiger partial charge in [0.05, 0.1) is 12.2 Å². The molecule has 1 aromatic carbocycles. The lowest BCUT2D eigenvalue weighted by Gasteiger charge is -2.49. The molecule has 4 atom stereocenters. The molecule has 102 valence electrons. The number of ether oxygens (including phenoxy) is 2. The van der Waals surface area contributed by atoms with Gasteiger partial charge in [-0.05, 0) is 39.3 Å². The predicted molar refractivity (Wildman–Crippen MR) is 73.3 cm³/mol. The Labute approximate surface area is 114 Å². The number of hydrogen-bond donors (Lipinski definition) is 1. The van der Waals surface area contributed by atoms with Crippen LogP contribution >= 0.6 is 0 Å². The second-order valence-corrected chi connectivity index (χ2v) is 6.53. The van der Waals surface area contributed by atoms with E-state index in [1.54, 1.807) is 0 Å². The summed E-state index contributed by atoms with van der Waals surface area (Å²) in [5, 5.41) is 3.57. The van der Waals surface area contributed by atoms with Gasteiger partial charge in [-0.15, -0.1) is 0 Å². The van der Waals surface area contributed by atoms with Crippen LogP contribution in [-0.2, 0) is 4.74 Å². The molecule has 0 amide bonds. The van der Waals surface area contributed by atoms with Crippen LogP contribution in [-0.4, -0.2) is 24.3 Å². The molecule has 3 heteroatoms. The molecule has 19 heavy (non-hydrogen) atoms. The van der Waals surface area contributed by atoms with Crippen molar-refractivity contribution in [1.82, 2.24) is 5.32 Å². The van der Waals surface area contributed by atoms with Gasteiger partial charge in [-0.25, -0.2) is 0 Å². The zero-order valence-corrected chi connectivity index (χ0v) is 11.6. The molecule has 0 unspecified atom stereocenters. The fraction of sp³-hybridized carbons (Fsp3) is 0.625. The van der Waals surface area contributed by atoms with Gasteiger partial charge in [0.2, 0.25) is 0 Å². The van der Waals surface area contributed by atoms with Gasteiger partial charge in [0.15, 0.2) is 0 Å². The van der Waals surface area contributed by atoms with Crippen molar-refractivity contribution in [2.45, 2.75) is 50.5 Å². The van der Waals surface area contributed by atoms with Gasteiger partial charge in [-0.3, -0.25) is 0 Å². The predicted octanol–water partition coefficient (Wildman–Crippen LogP) is 2.67. The smallest absolute Gasteiger partial charge is 0.125 e. The van der Waals surface area contributed by atoms with Crippen molar-refractivity contribution in [3.63, 3.8) is 0 Å². The first kappa shape index (κ1) is 11.7. The quantitative estimate of drug-likeness (QED) is 0.777. The highest BCUT2D eigenvalue weighted by Crippen LogP contribution is 2.51. The molecule has 0 aliphatic carbocycles. The number of rotatable bonds is 0. The average Bonchev–Trinajstić information content (AvgIpc) is 2.84. The molecule has 1 aromatic rings. The second kappa shape index (κ2) is 3.97. The van der Waals surface area contributed by atoms with Crippen LogP contribution in [0.15, 0.2) is 24.3 Å². The van der Waals surface area contributed by atoms with E-state index in [9.17, 15) is 0 Å². The first-order valence-electron chi connectivity index (χ1n) is 7.32. The first-order chi connectivity index (χ1) is 9.15. The highest BCUT2D eigenvalue weighted by molar-refractivity contribution is 5.39. The Hall–Kier alpha value is -1.06. The van der Waals surface area contributed by atoms with Gasteiger partial charge in [0, 0.05) is 17.5 Å². The van der Waals surface area contributed by atoms with Gasteiger partial charge < -0.3 is 14.8 Å². The van der Waals surface area contributed by atoms with E-state index in [4.69, 9.17) is 9.47 Å². The lowest BCUT2D eigenvalue weighted by atomic mass is 9.74. The summed E-state index contributed by atoms with van der Waals surface area (Å²) in [5.74, 6) is 1.42. The third-order valence-electron chi connectivity index (χ3n) is 4.97. The van der Waals surface area contributed by atoms with E-state index in [0.717, 1.165) is 25.1 Å². The maximum atomic E-state index is 6.43. The average molecular weight is 259 g/mol. The molecular weight excluding hydrogens is 238 g/mol. The molecular formula is C16H21NO2. The van der Waals surface area contributed by atoms with Gasteiger partial charge in [-0.2, -0.15) is 0 Å². The largest absolute Gasteiger partial charge is 0.487 e. The Kier molecular flexibility index (Phi) is 2.45. The van der Waals surface area contributed by atoms with Crippen molar-refractivity contribution in [3.8, 4) is 5.75 Å². The van der Waals surface area contributed by atoms with Crippen molar-refractivity contribution >= 4 is 0 Å². The Morgan fingerprint density at radius 1 is 1.26 bits per heavy atom. The highest BCUT2D eigenvalue weighted by Gasteiger charge is 2.51. The minimum absolute atomic E-state index is 0.158. The van der Waals surface area contributed by atoms with Crippen LogP contribution in [0.25, 0.3) is 0 Å². The minimum Gasteiger partial charge on any atom is -0.487 e. The normalized spacial score (nSPS) is 38.8. The van der Waals surface area contributed by atoms with Crippen molar-refractivity contribution in [2.75, 3.05) is 6.54 Å². The van der Waals surface area contributed by atoms with E-state index in [1.807, 2.05) is 6.07 Å². The molecule has 3 nitrogen and oxygen atoms in total. The van der Waals surface area contributed by atoms with Crippen molar-refractivity contribution < 1.29 is 9.47 Å². The Morgan fingerprint density at radius 3 is 3.00 bits per heavy atom. The summed E-state index contributed by atoms with van der Waals surface area (Å²) in [6, 6.07) is 8.85. The summed E-state index contributed by atoms with van der Waals surface area (Å²) < 4.78 is 12.7. The van der Waals surface area contributed by atoms with E-state index >= 15 is 0 Å². The van der Waals surface area contributed by atoms with Crippen LogP contribution in [0.1, 0.15) is 38.4 Å². The second-order valence-electron chi connectivity index (χ2n) is 6.53. The molecule has 3 aliphatic heterocycles. The van der Waals surface area contributed by atoms with E-state index in [-0.39, 0.29) is 11.7 Å². The van der Waals surface area contributed by atoms with Crippen LogP contribution in [0.3, 0.4) is 0 Å². The summed E-state index contributed by atoms with van der Waals surface area (Å²) in [6.07, 6.45) is 2.86. The fourth-order valence-electron chi connectivity index (χ4n) is 3.93. The van der Waals surface area contributed by atoms with Crippen LogP contribution in [0.5, 0.6) is 5.75 Å². The molecule has 1 N–H and O–H groups in total. The van der Waals surface area contributed by atoms with Crippen molar-refractivity contribution in [1.29, 1.82) is 0 Å². The summed E-state index contributed by atoms with van der Waals surface area (Å²) in [5.41, 5.74) is 1.08. The Morgan fingerprint density at radius 2 is 2.11 bits per heavy atom. The van der Waals surface area contributed by atoms with Crippen LogP contribution in [0.4, 0.5) is 0 Å². The van der Waals surface area contributed by atoms with E-state index in [0.29, 0.717) is 18.1 Å². The third-order valence-corrected chi connectivity index (χ3v) is 4.97.